The van der Waals surface area contributed by atoms with Gasteiger partial charge in [0.15, 0.2) is 0 Å². The van der Waals surface area contributed by atoms with Crippen LogP contribution in [0.25, 0.3) is 0 Å². The molecule has 0 radical (unpaired) electrons. The van der Waals surface area contributed by atoms with E-state index in [4.69, 9.17) is 6.42 Å². The fourth-order valence-corrected chi connectivity index (χ4v) is 2.17. The Labute approximate surface area is 80.1 Å². The second-order valence-electron chi connectivity index (χ2n) is 3.81. The normalized spacial score (nSPS) is 28.0. The molecule has 2 heteroatoms. The monoisotopic (exact) mass is 180 g/mol. The minimum absolute atomic E-state index is 0.252. The van der Waals surface area contributed by atoms with E-state index >= 15 is 0 Å². The van der Waals surface area contributed by atoms with Crippen LogP contribution >= 0.6 is 0 Å². The van der Waals surface area contributed by atoms with Crippen molar-refractivity contribution in [2.45, 2.75) is 38.6 Å². The lowest BCUT2D eigenvalue weighted by Gasteiger charge is -2.27. The third kappa shape index (κ3) is 2.86. The van der Waals surface area contributed by atoms with E-state index < -0.39 is 0 Å². The zero-order chi connectivity index (χ0) is 9.68. The summed E-state index contributed by atoms with van der Waals surface area (Å²) in [6.45, 7) is 2.40. The van der Waals surface area contributed by atoms with Gasteiger partial charge in [-0.3, -0.25) is 4.79 Å². The van der Waals surface area contributed by atoms with Crippen LogP contribution in [-0.2, 0) is 4.79 Å². The molecule has 2 nitrogen and oxygen atoms in total. The maximum atomic E-state index is 11.3. The summed E-state index contributed by atoms with van der Waals surface area (Å²) in [6.07, 6.45) is 9.85. The van der Waals surface area contributed by atoms with Gasteiger partial charge in [0.1, 0.15) is 12.3 Å². The van der Waals surface area contributed by atoms with Gasteiger partial charge in [0.25, 0.3) is 0 Å². The lowest BCUT2D eigenvalue weighted by Crippen LogP contribution is -2.92. The van der Waals surface area contributed by atoms with Crippen molar-refractivity contribution in [1.29, 1.82) is 0 Å². The van der Waals surface area contributed by atoms with Crippen LogP contribution in [0, 0.1) is 18.3 Å². The number of hydrogen-bond acceptors (Lipinski definition) is 1. The molecule has 0 saturated heterocycles. The lowest BCUT2D eigenvalue weighted by atomic mass is 9.82. The van der Waals surface area contributed by atoms with Gasteiger partial charge in [-0.25, -0.2) is 0 Å². The topological polar surface area (TPSA) is 33.7 Å². The van der Waals surface area contributed by atoms with E-state index in [1.54, 1.807) is 6.92 Å². The largest absolute Gasteiger partial charge is 0.333 e. The quantitative estimate of drug-likeness (QED) is 0.624. The number of carbonyl (C=O) groups is 1. The molecule has 13 heavy (non-hydrogen) atoms. The standard InChI is InChI=1S/C11H17NO/c1-3-8-12-11-7-5-4-6-10(11)9(2)13/h1,10-12H,4-8H2,2H3/p+1/t10-,11+/m0/s1. The minimum Gasteiger partial charge on any atom is -0.333 e. The number of hydrogen-bond donors (Lipinski definition) is 1. The number of quaternary nitrogens is 1. The third-order valence-corrected chi connectivity index (χ3v) is 2.88. The highest BCUT2D eigenvalue weighted by atomic mass is 16.1. The van der Waals surface area contributed by atoms with Crippen molar-refractivity contribution < 1.29 is 10.1 Å². The van der Waals surface area contributed by atoms with Crippen molar-refractivity contribution >= 4 is 5.78 Å². The Morgan fingerprint density at radius 3 is 2.85 bits per heavy atom. The number of carbonyl (C=O) groups excluding carboxylic acids is 1. The first kappa shape index (κ1) is 10.3. The number of nitrogens with two attached hydrogens (primary N) is 1. The van der Waals surface area contributed by atoms with Crippen molar-refractivity contribution in [3.05, 3.63) is 0 Å². The van der Waals surface area contributed by atoms with E-state index in [0.29, 0.717) is 18.4 Å². The second kappa shape index (κ2) is 5.04. The van der Waals surface area contributed by atoms with Gasteiger partial charge in [-0.1, -0.05) is 6.42 Å². The zero-order valence-electron chi connectivity index (χ0n) is 8.25. The number of ketones is 1. The SMILES string of the molecule is C#CC[NH2+][C@@H]1CCCC[C@H]1C(C)=O. The molecule has 1 rings (SSSR count). The molecule has 1 fully saturated rings. The van der Waals surface area contributed by atoms with E-state index in [1.165, 1.54) is 12.8 Å². The summed E-state index contributed by atoms with van der Waals surface area (Å²) < 4.78 is 0. The molecule has 0 spiro atoms. The van der Waals surface area contributed by atoms with Crippen LogP contribution in [0.2, 0.25) is 0 Å². The highest BCUT2D eigenvalue weighted by Crippen LogP contribution is 2.22. The molecular formula is C11H18NO+. The van der Waals surface area contributed by atoms with Gasteiger partial charge < -0.3 is 5.32 Å². The van der Waals surface area contributed by atoms with E-state index in [-0.39, 0.29) is 5.92 Å². The molecule has 0 amide bonds. The Hall–Kier alpha value is -0.810. The Morgan fingerprint density at radius 2 is 2.23 bits per heavy atom. The number of rotatable bonds is 3. The first-order valence-corrected chi connectivity index (χ1v) is 5.03. The van der Waals surface area contributed by atoms with Gasteiger partial charge in [0.2, 0.25) is 0 Å². The number of terminal acetylenes is 1. The smallest absolute Gasteiger partial charge is 0.138 e. The fourth-order valence-electron chi connectivity index (χ4n) is 2.17. The van der Waals surface area contributed by atoms with E-state index in [2.05, 4.69) is 11.2 Å². The van der Waals surface area contributed by atoms with Gasteiger partial charge in [-0.2, -0.15) is 0 Å². The van der Waals surface area contributed by atoms with E-state index in [1.807, 2.05) is 0 Å². The minimum atomic E-state index is 0.252. The summed E-state index contributed by atoms with van der Waals surface area (Å²) in [7, 11) is 0. The van der Waals surface area contributed by atoms with Crippen LogP contribution in [0.15, 0.2) is 0 Å². The summed E-state index contributed by atoms with van der Waals surface area (Å²) in [6, 6.07) is 0.447. The van der Waals surface area contributed by atoms with Crippen molar-refractivity contribution in [2.24, 2.45) is 5.92 Å². The Morgan fingerprint density at radius 1 is 1.54 bits per heavy atom. The molecule has 1 aliphatic rings. The third-order valence-electron chi connectivity index (χ3n) is 2.88. The predicted molar refractivity (Wildman–Crippen MR) is 52.1 cm³/mol. The van der Waals surface area contributed by atoms with Crippen molar-refractivity contribution in [2.75, 3.05) is 6.54 Å². The summed E-state index contributed by atoms with van der Waals surface area (Å²) >= 11 is 0. The predicted octanol–water partition coefficient (Wildman–Crippen LogP) is 0.331. The van der Waals surface area contributed by atoms with Crippen molar-refractivity contribution in [1.82, 2.24) is 0 Å². The average molecular weight is 180 g/mol. The average Bonchev–Trinajstić information content (AvgIpc) is 2.15. The Bertz CT molecular complexity index is 217. The number of Topliss-reactive ketones (excluding diaryl/α,β-unsaturated/α-hetero) is 1. The molecule has 2 N–H and O–H groups in total. The van der Waals surface area contributed by atoms with Crippen molar-refractivity contribution in [3.63, 3.8) is 0 Å². The maximum absolute atomic E-state index is 11.3. The summed E-state index contributed by atoms with van der Waals surface area (Å²) in [4.78, 5) is 11.3. The molecule has 0 aromatic rings. The first-order chi connectivity index (χ1) is 6.25. The van der Waals surface area contributed by atoms with Gasteiger partial charge >= 0.3 is 0 Å². The van der Waals surface area contributed by atoms with Gasteiger partial charge in [-0.15, -0.1) is 6.42 Å². The van der Waals surface area contributed by atoms with Crippen LogP contribution in [0.1, 0.15) is 32.6 Å². The molecule has 0 aromatic heterocycles. The maximum Gasteiger partial charge on any atom is 0.138 e. The van der Waals surface area contributed by atoms with Crippen LogP contribution in [-0.4, -0.2) is 18.4 Å². The molecule has 2 atom stereocenters. The first-order valence-electron chi connectivity index (χ1n) is 5.03. The highest BCUT2D eigenvalue weighted by molar-refractivity contribution is 5.78. The molecular weight excluding hydrogens is 162 g/mol. The van der Waals surface area contributed by atoms with Crippen LogP contribution in [0.5, 0.6) is 0 Å². The molecule has 72 valence electrons. The molecule has 1 aliphatic carbocycles. The van der Waals surface area contributed by atoms with Gasteiger partial charge in [0, 0.05) is 6.42 Å². The Balaban J connectivity index is 2.47. The summed E-state index contributed by atoms with van der Waals surface area (Å²) in [5, 5.41) is 2.14. The van der Waals surface area contributed by atoms with Crippen LogP contribution < -0.4 is 5.32 Å². The van der Waals surface area contributed by atoms with Crippen LogP contribution in [0.3, 0.4) is 0 Å². The summed E-state index contributed by atoms with van der Waals surface area (Å²) in [5.74, 6) is 3.19. The second-order valence-corrected chi connectivity index (χ2v) is 3.81. The zero-order valence-corrected chi connectivity index (χ0v) is 8.25. The summed E-state index contributed by atoms with van der Waals surface area (Å²) in [5.41, 5.74) is 0. The molecule has 1 saturated carbocycles. The molecule has 0 heterocycles. The lowest BCUT2D eigenvalue weighted by molar-refractivity contribution is -0.686. The van der Waals surface area contributed by atoms with E-state index in [9.17, 15) is 4.79 Å². The van der Waals surface area contributed by atoms with Crippen molar-refractivity contribution in [3.8, 4) is 12.3 Å². The molecule has 0 unspecified atom stereocenters. The van der Waals surface area contributed by atoms with E-state index in [0.717, 1.165) is 12.8 Å². The Kier molecular flexibility index (Phi) is 3.98. The molecule has 0 aromatic carbocycles. The molecule has 0 aliphatic heterocycles. The van der Waals surface area contributed by atoms with Gasteiger partial charge in [0.05, 0.1) is 12.0 Å². The molecule has 0 bridgehead atoms. The fraction of sp³-hybridized carbons (Fsp3) is 0.727. The van der Waals surface area contributed by atoms with Gasteiger partial charge in [-0.05, 0) is 25.7 Å². The van der Waals surface area contributed by atoms with Crippen LogP contribution in [0.4, 0.5) is 0 Å². The highest BCUT2D eigenvalue weighted by Gasteiger charge is 2.30.